The molecule has 2 rings (SSSR count). The van der Waals surface area contributed by atoms with Crippen LogP contribution in [0.2, 0.25) is 0 Å². The standard InChI is InChI=1S/C11H19N3OS/c1-10(8-14-5-4-12-9-14)13-11-2-6-16(15)7-3-11/h4-5,9-11,13H,2-3,6-8H2,1H3. The maximum atomic E-state index is 11.2. The summed E-state index contributed by atoms with van der Waals surface area (Å²) in [4.78, 5) is 4.03. The van der Waals surface area contributed by atoms with E-state index in [2.05, 4.69) is 21.8 Å². The van der Waals surface area contributed by atoms with Crippen molar-refractivity contribution in [3.05, 3.63) is 18.7 Å². The van der Waals surface area contributed by atoms with Crippen LogP contribution in [0.3, 0.4) is 0 Å². The molecule has 5 heteroatoms. The van der Waals surface area contributed by atoms with Crippen LogP contribution in [0.25, 0.3) is 0 Å². The molecule has 0 radical (unpaired) electrons. The van der Waals surface area contributed by atoms with E-state index in [1.54, 1.807) is 6.20 Å². The zero-order chi connectivity index (χ0) is 11.4. The van der Waals surface area contributed by atoms with Crippen molar-refractivity contribution in [2.45, 2.75) is 38.4 Å². The van der Waals surface area contributed by atoms with Crippen LogP contribution in [0.4, 0.5) is 0 Å². The molecule has 90 valence electrons. The van der Waals surface area contributed by atoms with Crippen LogP contribution in [0.1, 0.15) is 19.8 Å². The van der Waals surface area contributed by atoms with Gasteiger partial charge in [-0.15, -0.1) is 0 Å². The minimum absolute atomic E-state index is 0.436. The second-order valence-electron chi connectivity index (χ2n) is 4.45. The number of imidazole rings is 1. The lowest BCUT2D eigenvalue weighted by Crippen LogP contribution is -2.42. The van der Waals surface area contributed by atoms with Gasteiger partial charge in [-0.25, -0.2) is 4.98 Å². The lowest BCUT2D eigenvalue weighted by Gasteiger charge is -2.26. The summed E-state index contributed by atoms with van der Waals surface area (Å²) in [6, 6.07) is 0.974. The minimum atomic E-state index is -0.562. The lowest BCUT2D eigenvalue weighted by atomic mass is 10.1. The van der Waals surface area contributed by atoms with Crippen LogP contribution in [-0.4, -0.2) is 37.3 Å². The van der Waals surface area contributed by atoms with Gasteiger partial charge in [0.15, 0.2) is 0 Å². The Labute approximate surface area is 98.9 Å². The Morgan fingerprint density at radius 1 is 1.56 bits per heavy atom. The molecule has 0 spiro atoms. The second-order valence-corrected chi connectivity index (χ2v) is 6.15. The van der Waals surface area contributed by atoms with E-state index in [0.29, 0.717) is 12.1 Å². The summed E-state index contributed by atoms with van der Waals surface area (Å²) in [6.07, 6.45) is 7.71. The predicted molar refractivity (Wildman–Crippen MR) is 65.7 cm³/mol. The Bertz CT molecular complexity index is 329. The first kappa shape index (κ1) is 11.8. The van der Waals surface area contributed by atoms with Crippen molar-refractivity contribution in [3.63, 3.8) is 0 Å². The molecular formula is C11H19N3OS. The van der Waals surface area contributed by atoms with Crippen molar-refractivity contribution in [3.8, 4) is 0 Å². The van der Waals surface area contributed by atoms with E-state index < -0.39 is 10.8 Å². The average Bonchev–Trinajstić information content (AvgIpc) is 2.74. The largest absolute Gasteiger partial charge is 0.336 e. The molecule has 0 amide bonds. The fourth-order valence-corrected chi connectivity index (χ4v) is 3.43. The number of nitrogens with zero attached hydrogens (tertiary/aromatic N) is 2. The van der Waals surface area contributed by atoms with E-state index in [4.69, 9.17) is 0 Å². The van der Waals surface area contributed by atoms with Crippen molar-refractivity contribution in [1.29, 1.82) is 0 Å². The Balaban J connectivity index is 1.74. The first-order valence-corrected chi connectivity index (χ1v) is 7.29. The fraction of sp³-hybridized carbons (Fsp3) is 0.727. The van der Waals surface area contributed by atoms with Gasteiger partial charge in [-0.1, -0.05) is 0 Å². The Kier molecular flexibility index (Phi) is 4.12. The van der Waals surface area contributed by atoms with Crippen molar-refractivity contribution in [1.82, 2.24) is 14.9 Å². The summed E-state index contributed by atoms with van der Waals surface area (Å²) in [6.45, 7) is 3.13. The summed E-state index contributed by atoms with van der Waals surface area (Å²) in [7, 11) is -0.562. The van der Waals surface area contributed by atoms with Crippen LogP contribution in [-0.2, 0) is 17.3 Å². The third kappa shape index (κ3) is 3.42. The van der Waals surface area contributed by atoms with Crippen molar-refractivity contribution >= 4 is 10.8 Å². The van der Waals surface area contributed by atoms with Crippen molar-refractivity contribution in [2.24, 2.45) is 0 Å². The smallest absolute Gasteiger partial charge is 0.0946 e. The van der Waals surface area contributed by atoms with E-state index in [-0.39, 0.29) is 0 Å². The zero-order valence-electron chi connectivity index (χ0n) is 9.63. The third-order valence-corrected chi connectivity index (χ3v) is 4.33. The molecule has 1 aromatic rings. The number of hydrogen-bond donors (Lipinski definition) is 1. The van der Waals surface area contributed by atoms with Gasteiger partial charge in [-0.05, 0) is 19.8 Å². The van der Waals surface area contributed by atoms with Gasteiger partial charge in [0.25, 0.3) is 0 Å². The highest BCUT2D eigenvalue weighted by molar-refractivity contribution is 7.85. The quantitative estimate of drug-likeness (QED) is 0.847. The molecule has 16 heavy (non-hydrogen) atoms. The van der Waals surface area contributed by atoms with Crippen molar-refractivity contribution < 1.29 is 4.21 Å². The molecule has 1 unspecified atom stereocenters. The molecule has 1 aromatic heterocycles. The molecule has 1 atom stereocenters. The van der Waals surface area contributed by atoms with E-state index in [0.717, 1.165) is 30.9 Å². The Morgan fingerprint density at radius 3 is 2.94 bits per heavy atom. The molecule has 1 saturated heterocycles. The molecule has 1 aliphatic rings. The molecule has 4 nitrogen and oxygen atoms in total. The number of aromatic nitrogens is 2. The van der Waals surface area contributed by atoms with Gasteiger partial charge in [0.2, 0.25) is 0 Å². The molecule has 0 aromatic carbocycles. The topological polar surface area (TPSA) is 46.9 Å². The number of nitrogens with one attached hydrogen (secondary N) is 1. The summed E-state index contributed by atoms with van der Waals surface area (Å²) < 4.78 is 13.3. The highest BCUT2D eigenvalue weighted by Crippen LogP contribution is 2.10. The third-order valence-electron chi connectivity index (χ3n) is 2.95. The van der Waals surface area contributed by atoms with Gasteiger partial charge in [-0.2, -0.15) is 0 Å². The lowest BCUT2D eigenvalue weighted by molar-refractivity contribution is 0.388. The van der Waals surface area contributed by atoms with Crippen LogP contribution in [0, 0.1) is 0 Å². The highest BCUT2D eigenvalue weighted by atomic mass is 32.2. The van der Waals surface area contributed by atoms with Gasteiger partial charge in [0.1, 0.15) is 0 Å². The Hall–Kier alpha value is -0.680. The monoisotopic (exact) mass is 241 g/mol. The first-order valence-electron chi connectivity index (χ1n) is 5.81. The van der Waals surface area contributed by atoms with Crippen LogP contribution < -0.4 is 5.32 Å². The molecule has 0 saturated carbocycles. The van der Waals surface area contributed by atoms with Gasteiger partial charge >= 0.3 is 0 Å². The van der Waals surface area contributed by atoms with Gasteiger partial charge in [-0.3, -0.25) is 4.21 Å². The van der Waals surface area contributed by atoms with Crippen LogP contribution >= 0.6 is 0 Å². The maximum Gasteiger partial charge on any atom is 0.0946 e. The van der Waals surface area contributed by atoms with Crippen molar-refractivity contribution in [2.75, 3.05) is 11.5 Å². The first-order chi connectivity index (χ1) is 7.74. The highest BCUT2D eigenvalue weighted by Gasteiger charge is 2.19. The minimum Gasteiger partial charge on any atom is -0.336 e. The Morgan fingerprint density at radius 2 is 2.31 bits per heavy atom. The second kappa shape index (κ2) is 5.59. The number of hydrogen-bond acceptors (Lipinski definition) is 3. The zero-order valence-corrected chi connectivity index (χ0v) is 10.4. The van der Waals surface area contributed by atoms with E-state index in [9.17, 15) is 4.21 Å². The summed E-state index contributed by atoms with van der Waals surface area (Å²) in [5.74, 6) is 1.71. The van der Waals surface area contributed by atoms with Crippen LogP contribution in [0.5, 0.6) is 0 Å². The molecule has 1 aliphatic heterocycles. The van der Waals surface area contributed by atoms with E-state index in [1.807, 2.05) is 12.5 Å². The molecule has 0 bridgehead atoms. The average molecular weight is 241 g/mol. The molecular weight excluding hydrogens is 222 g/mol. The summed E-state index contributed by atoms with van der Waals surface area (Å²) in [5, 5.41) is 3.59. The fourth-order valence-electron chi connectivity index (χ4n) is 2.13. The normalized spacial score (nSPS) is 27.8. The number of rotatable bonds is 4. The molecule has 1 N–H and O–H groups in total. The predicted octanol–water partition coefficient (Wildman–Crippen LogP) is 0.772. The SMILES string of the molecule is CC(Cn1ccnc1)NC1CCS(=O)CC1. The molecule has 1 fully saturated rings. The van der Waals surface area contributed by atoms with E-state index in [1.165, 1.54) is 0 Å². The van der Waals surface area contributed by atoms with Crippen LogP contribution in [0.15, 0.2) is 18.7 Å². The van der Waals surface area contributed by atoms with Gasteiger partial charge in [0, 0.05) is 53.3 Å². The molecule has 2 heterocycles. The summed E-state index contributed by atoms with van der Waals surface area (Å²) >= 11 is 0. The summed E-state index contributed by atoms with van der Waals surface area (Å²) in [5.41, 5.74) is 0. The van der Waals surface area contributed by atoms with Gasteiger partial charge < -0.3 is 9.88 Å². The molecule has 0 aliphatic carbocycles. The van der Waals surface area contributed by atoms with E-state index >= 15 is 0 Å². The van der Waals surface area contributed by atoms with Gasteiger partial charge in [0.05, 0.1) is 6.33 Å². The maximum absolute atomic E-state index is 11.2.